The summed E-state index contributed by atoms with van der Waals surface area (Å²) in [5.41, 5.74) is 0.703. The van der Waals surface area contributed by atoms with Crippen molar-refractivity contribution in [3.63, 3.8) is 0 Å². The summed E-state index contributed by atoms with van der Waals surface area (Å²) >= 11 is 0. The quantitative estimate of drug-likeness (QED) is 0.813. The molecule has 0 spiro atoms. The van der Waals surface area contributed by atoms with E-state index >= 15 is 0 Å². The van der Waals surface area contributed by atoms with Crippen molar-refractivity contribution < 1.29 is 18.7 Å². The molecule has 0 aromatic heterocycles. The molecule has 1 aromatic rings. The first-order valence-corrected chi connectivity index (χ1v) is 6.73. The van der Waals surface area contributed by atoms with Crippen LogP contribution in [0.1, 0.15) is 35.2 Å². The fourth-order valence-electron chi connectivity index (χ4n) is 2.40. The Balaban J connectivity index is 1.90. The molecule has 0 heterocycles. The lowest BCUT2D eigenvalue weighted by Gasteiger charge is -2.40. The number of carbonyl (C=O) groups excluding carboxylic acids is 1. The van der Waals surface area contributed by atoms with Crippen LogP contribution in [0.2, 0.25) is 0 Å². The number of carbonyl (C=O) groups is 1. The normalized spacial score (nSPS) is 16.6. The zero-order chi connectivity index (χ0) is 14.6. The molecule has 110 valence electrons. The molecule has 2 rings (SSSR count). The molecule has 0 atom stereocenters. The van der Waals surface area contributed by atoms with Crippen LogP contribution in [0.5, 0.6) is 0 Å². The lowest BCUT2D eigenvalue weighted by Crippen LogP contribution is -2.47. The number of methoxy groups -OCH3 is 2. The summed E-state index contributed by atoms with van der Waals surface area (Å²) in [5, 5.41) is 3.28. The molecule has 1 N–H and O–H groups in total. The highest BCUT2D eigenvalue weighted by Crippen LogP contribution is 2.34. The Morgan fingerprint density at radius 1 is 1.40 bits per heavy atom. The van der Waals surface area contributed by atoms with Gasteiger partial charge in [0.05, 0.1) is 18.3 Å². The standard InChI is InChI=1S/C15H20FNO3/c1-19-14(18)12-5-4-11(8-13(12)16)9-17-10-15(20-2)6-3-7-15/h4-5,8,17H,3,6-7,9-10H2,1-2H3. The highest BCUT2D eigenvalue weighted by atomic mass is 19.1. The maximum atomic E-state index is 13.7. The Bertz CT molecular complexity index is 480. The molecule has 0 amide bonds. The average Bonchev–Trinajstić information content (AvgIpc) is 2.41. The van der Waals surface area contributed by atoms with Crippen LogP contribution < -0.4 is 5.32 Å². The first kappa shape index (κ1) is 14.9. The van der Waals surface area contributed by atoms with Gasteiger partial charge >= 0.3 is 5.97 Å². The second kappa shape index (κ2) is 6.33. The van der Waals surface area contributed by atoms with E-state index in [0.29, 0.717) is 6.54 Å². The predicted molar refractivity (Wildman–Crippen MR) is 73.0 cm³/mol. The fraction of sp³-hybridized carbons (Fsp3) is 0.533. The summed E-state index contributed by atoms with van der Waals surface area (Å²) in [6, 6.07) is 4.54. The van der Waals surface area contributed by atoms with E-state index in [1.54, 1.807) is 13.2 Å². The predicted octanol–water partition coefficient (Wildman–Crippen LogP) is 2.27. The maximum Gasteiger partial charge on any atom is 0.340 e. The smallest absolute Gasteiger partial charge is 0.340 e. The average molecular weight is 281 g/mol. The number of hydrogen-bond acceptors (Lipinski definition) is 4. The largest absolute Gasteiger partial charge is 0.465 e. The van der Waals surface area contributed by atoms with Gasteiger partial charge in [0, 0.05) is 20.2 Å². The molecular formula is C15H20FNO3. The summed E-state index contributed by atoms with van der Waals surface area (Å²) in [4.78, 5) is 11.3. The number of nitrogens with one attached hydrogen (secondary N) is 1. The van der Waals surface area contributed by atoms with Crippen LogP contribution in [0.3, 0.4) is 0 Å². The molecule has 5 heteroatoms. The van der Waals surface area contributed by atoms with Gasteiger partial charge in [-0.2, -0.15) is 0 Å². The Morgan fingerprint density at radius 2 is 2.15 bits per heavy atom. The third kappa shape index (κ3) is 3.16. The second-order valence-electron chi connectivity index (χ2n) is 5.15. The molecule has 1 aliphatic rings. The van der Waals surface area contributed by atoms with Gasteiger partial charge in [-0.05, 0) is 37.0 Å². The van der Waals surface area contributed by atoms with E-state index in [1.165, 1.54) is 25.7 Å². The van der Waals surface area contributed by atoms with Crippen molar-refractivity contribution in [1.29, 1.82) is 0 Å². The van der Waals surface area contributed by atoms with Crippen LogP contribution in [-0.2, 0) is 16.0 Å². The number of benzene rings is 1. The van der Waals surface area contributed by atoms with Gasteiger partial charge in [0.25, 0.3) is 0 Å². The lowest BCUT2D eigenvalue weighted by molar-refractivity contribution is -0.0695. The molecule has 0 radical (unpaired) electrons. The van der Waals surface area contributed by atoms with Crippen molar-refractivity contribution >= 4 is 5.97 Å². The van der Waals surface area contributed by atoms with Gasteiger partial charge in [0.1, 0.15) is 5.82 Å². The minimum Gasteiger partial charge on any atom is -0.465 e. The van der Waals surface area contributed by atoms with E-state index < -0.39 is 11.8 Å². The van der Waals surface area contributed by atoms with Crippen molar-refractivity contribution in [2.75, 3.05) is 20.8 Å². The second-order valence-corrected chi connectivity index (χ2v) is 5.15. The topological polar surface area (TPSA) is 47.6 Å². The molecule has 0 bridgehead atoms. The van der Waals surface area contributed by atoms with E-state index in [1.807, 2.05) is 0 Å². The summed E-state index contributed by atoms with van der Waals surface area (Å²) in [6.45, 7) is 1.30. The zero-order valence-corrected chi connectivity index (χ0v) is 11.9. The van der Waals surface area contributed by atoms with Crippen molar-refractivity contribution in [3.8, 4) is 0 Å². The Labute approximate surface area is 118 Å². The monoisotopic (exact) mass is 281 g/mol. The van der Waals surface area contributed by atoms with E-state index in [-0.39, 0.29) is 11.2 Å². The summed E-state index contributed by atoms with van der Waals surface area (Å²) in [6.07, 6.45) is 3.32. The molecule has 0 saturated heterocycles. The third-order valence-corrected chi connectivity index (χ3v) is 3.91. The van der Waals surface area contributed by atoms with Gasteiger partial charge in [-0.1, -0.05) is 6.07 Å². The van der Waals surface area contributed by atoms with Crippen LogP contribution in [-0.4, -0.2) is 32.3 Å². The van der Waals surface area contributed by atoms with Crippen LogP contribution in [0, 0.1) is 5.82 Å². The van der Waals surface area contributed by atoms with Crippen LogP contribution in [0.15, 0.2) is 18.2 Å². The molecule has 0 unspecified atom stereocenters. The highest BCUT2D eigenvalue weighted by Gasteiger charge is 2.36. The SMILES string of the molecule is COC(=O)c1ccc(CNCC2(OC)CCC2)cc1F. The van der Waals surface area contributed by atoms with Gasteiger partial charge in [-0.15, -0.1) is 0 Å². The molecule has 1 aliphatic carbocycles. The van der Waals surface area contributed by atoms with Crippen LogP contribution in [0.25, 0.3) is 0 Å². The number of halogens is 1. The Kier molecular flexibility index (Phi) is 4.73. The molecule has 1 saturated carbocycles. The molecular weight excluding hydrogens is 261 g/mol. The minimum absolute atomic E-state index is 0.0383. The first-order chi connectivity index (χ1) is 9.60. The molecule has 1 aromatic carbocycles. The Morgan fingerprint density at radius 3 is 2.65 bits per heavy atom. The van der Waals surface area contributed by atoms with Gasteiger partial charge < -0.3 is 14.8 Å². The first-order valence-electron chi connectivity index (χ1n) is 6.73. The van der Waals surface area contributed by atoms with Gasteiger partial charge in [0.15, 0.2) is 0 Å². The van der Waals surface area contributed by atoms with Crippen LogP contribution in [0.4, 0.5) is 4.39 Å². The van der Waals surface area contributed by atoms with Gasteiger partial charge in [-0.25, -0.2) is 9.18 Å². The molecule has 20 heavy (non-hydrogen) atoms. The summed E-state index contributed by atoms with van der Waals surface area (Å²) < 4.78 is 23.8. The van der Waals surface area contributed by atoms with Crippen molar-refractivity contribution in [1.82, 2.24) is 5.32 Å². The zero-order valence-electron chi connectivity index (χ0n) is 11.9. The van der Waals surface area contributed by atoms with E-state index in [2.05, 4.69) is 10.1 Å². The number of ether oxygens (including phenoxy) is 2. The van der Waals surface area contributed by atoms with Crippen molar-refractivity contribution in [2.45, 2.75) is 31.4 Å². The summed E-state index contributed by atoms with van der Waals surface area (Å²) in [7, 11) is 2.96. The number of hydrogen-bond donors (Lipinski definition) is 1. The maximum absolute atomic E-state index is 13.7. The number of rotatable bonds is 6. The van der Waals surface area contributed by atoms with Crippen LogP contribution >= 0.6 is 0 Å². The highest BCUT2D eigenvalue weighted by molar-refractivity contribution is 5.89. The third-order valence-electron chi connectivity index (χ3n) is 3.91. The molecule has 0 aliphatic heterocycles. The van der Waals surface area contributed by atoms with Gasteiger partial charge in [-0.3, -0.25) is 0 Å². The molecule has 1 fully saturated rings. The van der Waals surface area contributed by atoms with Crippen molar-refractivity contribution in [2.24, 2.45) is 0 Å². The number of esters is 1. The molecule has 4 nitrogen and oxygen atoms in total. The summed E-state index contributed by atoms with van der Waals surface area (Å²) in [5.74, 6) is -1.21. The van der Waals surface area contributed by atoms with Crippen molar-refractivity contribution in [3.05, 3.63) is 35.1 Å². The Hall–Kier alpha value is -1.46. The van der Waals surface area contributed by atoms with E-state index in [9.17, 15) is 9.18 Å². The van der Waals surface area contributed by atoms with E-state index in [0.717, 1.165) is 24.9 Å². The fourth-order valence-corrected chi connectivity index (χ4v) is 2.40. The van der Waals surface area contributed by atoms with Gasteiger partial charge in [0.2, 0.25) is 0 Å². The van der Waals surface area contributed by atoms with E-state index in [4.69, 9.17) is 4.74 Å². The lowest BCUT2D eigenvalue weighted by atomic mass is 9.80. The minimum atomic E-state index is -0.658.